The van der Waals surface area contributed by atoms with Crippen LogP contribution in [0.2, 0.25) is 0 Å². The van der Waals surface area contributed by atoms with Crippen molar-refractivity contribution in [3.63, 3.8) is 0 Å². The number of nitrogens with zero attached hydrogens (tertiary/aromatic N) is 6. The van der Waals surface area contributed by atoms with Crippen molar-refractivity contribution in [3.8, 4) is 5.69 Å². The Balaban J connectivity index is 1.41. The van der Waals surface area contributed by atoms with E-state index in [2.05, 4.69) is 51.3 Å². The van der Waals surface area contributed by atoms with Crippen LogP contribution < -0.4 is 4.90 Å². The molecule has 1 atom stereocenters. The van der Waals surface area contributed by atoms with E-state index in [0.29, 0.717) is 11.8 Å². The van der Waals surface area contributed by atoms with Crippen LogP contribution in [0.3, 0.4) is 0 Å². The molecule has 2 saturated heterocycles. The normalized spacial score (nSPS) is 21.5. The Morgan fingerprint density at radius 2 is 1.81 bits per heavy atom. The van der Waals surface area contributed by atoms with Gasteiger partial charge in [-0.2, -0.15) is 4.68 Å². The molecule has 0 radical (unpaired) electrons. The molecule has 0 N–H and O–H groups in total. The van der Waals surface area contributed by atoms with E-state index in [1.807, 2.05) is 12.1 Å². The zero-order valence-electron chi connectivity index (χ0n) is 16.2. The van der Waals surface area contributed by atoms with Crippen molar-refractivity contribution in [1.82, 2.24) is 25.1 Å². The Morgan fingerprint density at radius 1 is 1.07 bits per heavy atom. The van der Waals surface area contributed by atoms with E-state index in [1.165, 1.54) is 12.0 Å². The third-order valence-corrected chi connectivity index (χ3v) is 5.83. The number of carbonyl (C=O) groups excluding carboxylic acids is 1. The monoisotopic (exact) mass is 368 g/mol. The number of likely N-dealkylation sites (tertiary alicyclic amines) is 1. The number of piperidine rings is 2. The summed E-state index contributed by atoms with van der Waals surface area (Å²) < 4.78 is 1.79. The lowest BCUT2D eigenvalue weighted by Crippen LogP contribution is -2.46. The van der Waals surface area contributed by atoms with Gasteiger partial charge in [-0.05, 0) is 61.1 Å². The van der Waals surface area contributed by atoms with E-state index in [9.17, 15) is 4.79 Å². The summed E-state index contributed by atoms with van der Waals surface area (Å²) in [6, 6.07) is 8.18. The maximum atomic E-state index is 12.9. The van der Waals surface area contributed by atoms with Gasteiger partial charge in [0, 0.05) is 32.1 Å². The van der Waals surface area contributed by atoms with Crippen LogP contribution in [0.25, 0.3) is 5.69 Å². The van der Waals surface area contributed by atoms with E-state index in [4.69, 9.17) is 0 Å². The Morgan fingerprint density at radius 3 is 2.52 bits per heavy atom. The molecule has 0 spiro atoms. The first-order valence-corrected chi connectivity index (χ1v) is 10.0. The summed E-state index contributed by atoms with van der Waals surface area (Å²) in [4.78, 5) is 17.2. The van der Waals surface area contributed by atoms with Crippen molar-refractivity contribution in [2.24, 2.45) is 11.8 Å². The molecule has 0 aliphatic carbocycles. The van der Waals surface area contributed by atoms with E-state index >= 15 is 0 Å². The van der Waals surface area contributed by atoms with Crippen LogP contribution in [0.4, 0.5) is 5.95 Å². The number of aryl methyl sites for hydroxylation is 1. The van der Waals surface area contributed by atoms with Crippen LogP contribution in [-0.4, -0.2) is 57.2 Å². The summed E-state index contributed by atoms with van der Waals surface area (Å²) in [7, 11) is 0. The lowest BCUT2D eigenvalue weighted by Gasteiger charge is -2.37. The van der Waals surface area contributed by atoms with Gasteiger partial charge < -0.3 is 9.80 Å². The minimum atomic E-state index is 0.134. The molecule has 2 aliphatic rings. The highest BCUT2D eigenvalue weighted by atomic mass is 16.2. The van der Waals surface area contributed by atoms with Crippen LogP contribution >= 0.6 is 0 Å². The number of carbonyl (C=O) groups is 1. The second-order valence-electron chi connectivity index (χ2n) is 8.02. The summed E-state index contributed by atoms with van der Waals surface area (Å²) in [5, 5.41) is 12.3. The van der Waals surface area contributed by atoms with Crippen molar-refractivity contribution in [1.29, 1.82) is 0 Å². The van der Waals surface area contributed by atoms with Crippen LogP contribution in [0.15, 0.2) is 24.3 Å². The molecule has 2 aliphatic heterocycles. The van der Waals surface area contributed by atoms with E-state index in [-0.39, 0.29) is 5.92 Å². The molecule has 2 fully saturated rings. The minimum Gasteiger partial charge on any atom is -0.342 e. The number of rotatable bonds is 3. The summed E-state index contributed by atoms with van der Waals surface area (Å²) >= 11 is 0. The highest BCUT2D eigenvalue weighted by Crippen LogP contribution is 2.26. The molecule has 1 aromatic carbocycles. The number of amides is 1. The number of hydrogen-bond acceptors (Lipinski definition) is 5. The zero-order chi connectivity index (χ0) is 18.8. The van der Waals surface area contributed by atoms with Gasteiger partial charge in [0.1, 0.15) is 0 Å². The first kappa shape index (κ1) is 17.9. The van der Waals surface area contributed by atoms with Crippen molar-refractivity contribution < 1.29 is 4.79 Å². The topological polar surface area (TPSA) is 67.2 Å². The van der Waals surface area contributed by atoms with E-state index in [0.717, 1.165) is 57.1 Å². The molecule has 2 aromatic rings. The fraction of sp³-hybridized carbons (Fsp3) is 0.600. The van der Waals surface area contributed by atoms with Crippen molar-refractivity contribution >= 4 is 11.9 Å². The second kappa shape index (κ2) is 7.66. The summed E-state index contributed by atoms with van der Waals surface area (Å²) in [6.45, 7) is 7.78. The number of anilines is 1. The standard InChI is InChI=1S/C20H28N6O/c1-15-5-7-18(8-6-15)26-20(21-22-23-26)24-12-9-17(10-13-24)19(27)25-11-3-4-16(2)14-25/h5-8,16-17H,3-4,9-14H2,1-2H3. The largest absolute Gasteiger partial charge is 0.342 e. The summed E-state index contributed by atoms with van der Waals surface area (Å²) in [5.41, 5.74) is 2.17. The van der Waals surface area contributed by atoms with Gasteiger partial charge in [0.15, 0.2) is 0 Å². The molecule has 27 heavy (non-hydrogen) atoms. The molecular weight excluding hydrogens is 340 g/mol. The van der Waals surface area contributed by atoms with Gasteiger partial charge in [-0.25, -0.2) is 0 Å². The fourth-order valence-electron chi connectivity index (χ4n) is 4.21. The lowest BCUT2D eigenvalue weighted by molar-refractivity contribution is -0.137. The first-order chi connectivity index (χ1) is 13.1. The molecule has 0 saturated carbocycles. The van der Waals surface area contributed by atoms with Gasteiger partial charge in [0.25, 0.3) is 0 Å². The predicted octanol–water partition coefficient (Wildman–Crippen LogP) is 2.45. The molecule has 1 unspecified atom stereocenters. The number of benzene rings is 1. The highest BCUT2D eigenvalue weighted by molar-refractivity contribution is 5.79. The van der Waals surface area contributed by atoms with Crippen LogP contribution in [0, 0.1) is 18.8 Å². The molecule has 0 bridgehead atoms. The Hall–Kier alpha value is -2.44. The van der Waals surface area contributed by atoms with Crippen LogP contribution in [-0.2, 0) is 4.79 Å². The van der Waals surface area contributed by atoms with E-state index in [1.54, 1.807) is 4.68 Å². The quantitative estimate of drug-likeness (QED) is 0.832. The van der Waals surface area contributed by atoms with Gasteiger partial charge in [-0.3, -0.25) is 4.79 Å². The SMILES string of the molecule is Cc1ccc(-n2nnnc2N2CCC(C(=O)N3CCCC(C)C3)CC2)cc1. The molecule has 4 rings (SSSR count). The molecule has 7 heteroatoms. The smallest absolute Gasteiger partial charge is 0.250 e. The van der Waals surface area contributed by atoms with Crippen molar-refractivity contribution in [2.75, 3.05) is 31.1 Å². The van der Waals surface area contributed by atoms with Gasteiger partial charge in [0.2, 0.25) is 11.9 Å². The molecule has 1 aromatic heterocycles. The molecule has 3 heterocycles. The second-order valence-corrected chi connectivity index (χ2v) is 8.02. The fourth-order valence-corrected chi connectivity index (χ4v) is 4.21. The predicted molar refractivity (Wildman–Crippen MR) is 104 cm³/mol. The maximum Gasteiger partial charge on any atom is 0.250 e. The Kier molecular flexibility index (Phi) is 5.09. The zero-order valence-corrected chi connectivity index (χ0v) is 16.2. The number of hydrogen-bond donors (Lipinski definition) is 0. The number of tetrazole rings is 1. The van der Waals surface area contributed by atoms with Gasteiger partial charge in [0.05, 0.1) is 5.69 Å². The maximum absolute atomic E-state index is 12.9. The molecule has 1 amide bonds. The minimum absolute atomic E-state index is 0.134. The number of aromatic nitrogens is 4. The molecule has 144 valence electrons. The lowest BCUT2D eigenvalue weighted by atomic mass is 9.93. The Labute approximate surface area is 160 Å². The average molecular weight is 368 g/mol. The van der Waals surface area contributed by atoms with Crippen molar-refractivity contribution in [2.45, 2.75) is 39.5 Å². The van der Waals surface area contributed by atoms with Gasteiger partial charge in [-0.15, -0.1) is 0 Å². The molecule has 7 nitrogen and oxygen atoms in total. The summed E-state index contributed by atoms with van der Waals surface area (Å²) in [6.07, 6.45) is 4.11. The highest BCUT2D eigenvalue weighted by Gasteiger charge is 2.31. The van der Waals surface area contributed by atoms with Crippen LogP contribution in [0.1, 0.15) is 38.2 Å². The summed E-state index contributed by atoms with van der Waals surface area (Å²) in [5.74, 6) is 1.87. The average Bonchev–Trinajstić information content (AvgIpc) is 3.18. The van der Waals surface area contributed by atoms with Crippen molar-refractivity contribution in [3.05, 3.63) is 29.8 Å². The van der Waals surface area contributed by atoms with Crippen LogP contribution in [0.5, 0.6) is 0 Å². The Bertz CT molecular complexity index is 778. The van der Waals surface area contributed by atoms with Gasteiger partial charge >= 0.3 is 0 Å². The van der Waals surface area contributed by atoms with E-state index < -0.39 is 0 Å². The third-order valence-electron chi connectivity index (χ3n) is 5.83. The molecular formula is C20H28N6O. The van der Waals surface area contributed by atoms with Gasteiger partial charge in [-0.1, -0.05) is 29.7 Å². The first-order valence-electron chi connectivity index (χ1n) is 10.0. The third kappa shape index (κ3) is 3.82.